The number of benzene rings is 2. The van der Waals surface area contributed by atoms with Crippen LogP contribution < -0.4 is 4.74 Å². The van der Waals surface area contributed by atoms with E-state index in [1.54, 1.807) is 0 Å². The Hall–Kier alpha value is -2.44. The molecule has 4 unspecified atom stereocenters. The second kappa shape index (κ2) is 11.1. The number of alkyl halides is 2. The maximum atomic E-state index is 15.0. The third kappa shape index (κ3) is 5.87. The Morgan fingerprint density at radius 2 is 1.49 bits per heavy atom. The van der Waals surface area contributed by atoms with E-state index in [0.717, 1.165) is 38.0 Å². The van der Waals surface area contributed by atoms with Crippen LogP contribution in [0.5, 0.6) is 5.75 Å². The largest absolute Gasteiger partial charge is 0.429 e. The summed E-state index contributed by atoms with van der Waals surface area (Å²) < 4.78 is 86.8. The van der Waals surface area contributed by atoms with Gasteiger partial charge >= 0.3 is 6.61 Å². The van der Waals surface area contributed by atoms with Crippen molar-refractivity contribution >= 4 is 0 Å². The zero-order chi connectivity index (χ0) is 25.1. The number of rotatable bonds is 7. The second-order valence-corrected chi connectivity index (χ2v) is 9.86. The number of halogens is 6. The van der Waals surface area contributed by atoms with E-state index < -0.39 is 46.8 Å². The lowest BCUT2D eigenvalue weighted by molar-refractivity contribution is -0.0546. The van der Waals surface area contributed by atoms with Gasteiger partial charge in [0.1, 0.15) is 11.6 Å². The van der Waals surface area contributed by atoms with Crippen LogP contribution in [0.2, 0.25) is 0 Å². The van der Waals surface area contributed by atoms with Gasteiger partial charge in [-0.1, -0.05) is 18.6 Å². The van der Waals surface area contributed by atoms with Crippen LogP contribution in [0.4, 0.5) is 26.3 Å². The van der Waals surface area contributed by atoms with Crippen LogP contribution in [-0.2, 0) is 0 Å². The first-order valence-electron chi connectivity index (χ1n) is 12.3. The molecule has 2 saturated carbocycles. The molecule has 4 rings (SSSR count). The summed E-state index contributed by atoms with van der Waals surface area (Å²) in [5.74, 6) is -4.08. The minimum atomic E-state index is -3.43. The molecule has 0 aromatic heterocycles. The molecule has 0 radical (unpaired) electrons. The minimum Gasteiger partial charge on any atom is -0.429 e. The standard InChI is InChI=1S/C28H30F6O/c1-2-3-4-5-16-6-7-18-11-19(9-8-17(18)10-16)20-12-22(29)26(23(30)13-20)21-14-24(31)27(25(32)15-21)35-28(33)34/h2-3,12-19,28H,4-11H2,1H3/b3-2+. The lowest BCUT2D eigenvalue weighted by atomic mass is 9.63. The predicted octanol–water partition coefficient (Wildman–Crippen LogP) is 9.17. The first-order valence-corrected chi connectivity index (χ1v) is 12.3. The highest BCUT2D eigenvalue weighted by molar-refractivity contribution is 5.66. The first kappa shape index (κ1) is 25.6. The van der Waals surface area contributed by atoms with Crippen LogP contribution in [0.1, 0.15) is 69.8 Å². The minimum absolute atomic E-state index is 0.0316. The molecule has 0 heterocycles. The molecular formula is C28H30F6O. The summed E-state index contributed by atoms with van der Waals surface area (Å²) in [6, 6.07) is 3.68. The Kier molecular flexibility index (Phi) is 8.12. The molecule has 2 fully saturated rings. The zero-order valence-electron chi connectivity index (χ0n) is 19.7. The Morgan fingerprint density at radius 3 is 2.11 bits per heavy atom. The highest BCUT2D eigenvalue weighted by Crippen LogP contribution is 2.49. The molecule has 35 heavy (non-hydrogen) atoms. The van der Waals surface area contributed by atoms with E-state index in [-0.39, 0.29) is 5.92 Å². The van der Waals surface area contributed by atoms with Gasteiger partial charge in [-0.05, 0) is 111 Å². The maximum Gasteiger partial charge on any atom is 0.387 e. The lowest BCUT2D eigenvalue weighted by Crippen LogP contribution is -2.30. The lowest BCUT2D eigenvalue weighted by Gasteiger charge is -2.42. The monoisotopic (exact) mass is 496 g/mol. The maximum absolute atomic E-state index is 15.0. The topological polar surface area (TPSA) is 9.23 Å². The molecule has 2 aliphatic rings. The Labute approximate surface area is 202 Å². The number of hydrogen-bond acceptors (Lipinski definition) is 1. The van der Waals surface area contributed by atoms with Crippen molar-refractivity contribution in [2.45, 2.75) is 70.8 Å². The van der Waals surface area contributed by atoms with E-state index >= 15 is 8.78 Å². The highest BCUT2D eigenvalue weighted by Gasteiger charge is 2.36. The van der Waals surface area contributed by atoms with Gasteiger partial charge in [-0.2, -0.15) is 8.78 Å². The summed E-state index contributed by atoms with van der Waals surface area (Å²) in [5.41, 5.74) is -0.454. The van der Waals surface area contributed by atoms with Crippen molar-refractivity contribution in [3.8, 4) is 16.9 Å². The van der Waals surface area contributed by atoms with E-state index in [9.17, 15) is 17.6 Å². The number of ether oxygens (including phenoxy) is 1. The molecule has 7 heteroatoms. The molecule has 2 aliphatic carbocycles. The van der Waals surface area contributed by atoms with Crippen LogP contribution in [0.15, 0.2) is 36.4 Å². The SMILES string of the molecule is C/C=C/CCC1CCC2CC(c3cc(F)c(-c4cc(F)c(OC(F)F)c(F)c4)c(F)c3)CCC2C1. The molecule has 0 amide bonds. The Bertz CT molecular complexity index is 1020. The van der Waals surface area contributed by atoms with Gasteiger partial charge in [0.25, 0.3) is 0 Å². The summed E-state index contributed by atoms with van der Waals surface area (Å²) in [5, 5.41) is 0. The molecule has 0 N–H and O–H groups in total. The van der Waals surface area contributed by atoms with Gasteiger partial charge in [0, 0.05) is 0 Å². The number of hydrogen-bond donors (Lipinski definition) is 0. The summed E-state index contributed by atoms with van der Waals surface area (Å²) in [6.07, 6.45) is 12.9. The fraction of sp³-hybridized carbons (Fsp3) is 0.500. The van der Waals surface area contributed by atoms with Crippen molar-refractivity contribution in [2.75, 3.05) is 0 Å². The first-order chi connectivity index (χ1) is 16.8. The van der Waals surface area contributed by atoms with Crippen LogP contribution in [-0.4, -0.2) is 6.61 Å². The number of fused-ring (bicyclic) bond motifs is 1. The fourth-order valence-electron chi connectivity index (χ4n) is 6.06. The van der Waals surface area contributed by atoms with E-state index in [4.69, 9.17) is 0 Å². The van der Waals surface area contributed by atoms with E-state index in [0.29, 0.717) is 29.5 Å². The molecular weight excluding hydrogens is 466 g/mol. The molecule has 0 aliphatic heterocycles. The third-order valence-corrected chi connectivity index (χ3v) is 7.73. The molecule has 0 spiro atoms. The second-order valence-electron chi connectivity index (χ2n) is 9.86. The van der Waals surface area contributed by atoms with Gasteiger partial charge in [0.2, 0.25) is 0 Å². The summed E-state index contributed by atoms with van der Waals surface area (Å²) in [6.45, 7) is -1.39. The smallest absolute Gasteiger partial charge is 0.387 e. The quantitative estimate of drug-likeness (QED) is 0.274. The van der Waals surface area contributed by atoms with Gasteiger partial charge < -0.3 is 4.74 Å². The van der Waals surface area contributed by atoms with Crippen molar-refractivity contribution in [2.24, 2.45) is 17.8 Å². The summed E-state index contributed by atoms with van der Waals surface area (Å²) >= 11 is 0. The van der Waals surface area contributed by atoms with E-state index in [1.165, 1.54) is 31.4 Å². The van der Waals surface area contributed by atoms with Gasteiger partial charge in [0.15, 0.2) is 17.4 Å². The normalized spacial score (nSPS) is 24.7. The molecule has 0 saturated heterocycles. The van der Waals surface area contributed by atoms with Gasteiger partial charge in [-0.25, -0.2) is 17.6 Å². The average Bonchev–Trinajstić information content (AvgIpc) is 2.80. The summed E-state index contributed by atoms with van der Waals surface area (Å²) in [4.78, 5) is 0. The average molecular weight is 497 g/mol. The Balaban J connectivity index is 1.48. The van der Waals surface area contributed by atoms with Gasteiger partial charge in [-0.15, -0.1) is 0 Å². The van der Waals surface area contributed by atoms with Gasteiger partial charge in [0.05, 0.1) is 5.56 Å². The molecule has 190 valence electrons. The number of allylic oxidation sites excluding steroid dienone is 2. The van der Waals surface area contributed by atoms with Crippen LogP contribution in [0.3, 0.4) is 0 Å². The molecule has 4 atom stereocenters. The molecule has 2 aromatic carbocycles. The molecule has 2 aromatic rings. The predicted molar refractivity (Wildman–Crippen MR) is 123 cm³/mol. The van der Waals surface area contributed by atoms with Crippen molar-refractivity contribution in [1.29, 1.82) is 0 Å². The molecule has 0 bridgehead atoms. The van der Waals surface area contributed by atoms with E-state index in [1.807, 2.05) is 6.92 Å². The van der Waals surface area contributed by atoms with E-state index in [2.05, 4.69) is 16.9 Å². The summed E-state index contributed by atoms with van der Waals surface area (Å²) in [7, 11) is 0. The van der Waals surface area contributed by atoms with Crippen molar-refractivity contribution in [3.05, 3.63) is 65.2 Å². The fourth-order valence-corrected chi connectivity index (χ4v) is 6.06. The van der Waals surface area contributed by atoms with Crippen molar-refractivity contribution in [1.82, 2.24) is 0 Å². The van der Waals surface area contributed by atoms with Crippen LogP contribution >= 0.6 is 0 Å². The van der Waals surface area contributed by atoms with Crippen LogP contribution in [0, 0.1) is 41.0 Å². The molecule has 1 nitrogen and oxygen atoms in total. The van der Waals surface area contributed by atoms with Gasteiger partial charge in [-0.3, -0.25) is 0 Å². The highest BCUT2D eigenvalue weighted by atomic mass is 19.3. The Morgan fingerprint density at radius 1 is 0.857 bits per heavy atom. The van der Waals surface area contributed by atoms with Crippen LogP contribution in [0.25, 0.3) is 11.1 Å². The van der Waals surface area contributed by atoms with Crippen molar-refractivity contribution in [3.63, 3.8) is 0 Å². The zero-order valence-corrected chi connectivity index (χ0v) is 19.7. The third-order valence-electron chi connectivity index (χ3n) is 7.73. The van der Waals surface area contributed by atoms with Crippen molar-refractivity contribution < 1.29 is 31.1 Å².